The van der Waals surface area contributed by atoms with E-state index < -0.39 is 0 Å². The summed E-state index contributed by atoms with van der Waals surface area (Å²) in [7, 11) is 0. The second-order valence-electron chi connectivity index (χ2n) is 5.43. The molecular weight excluding hydrogens is 176 g/mol. The number of hydrogen-bond donors (Lipinski definition) is 4. The second kappa shape index (κ2) is 4.57. The van der Waals surface area contributed by atoms with Crippen LogP contribution in [-0.2, 0) is 0 Å². The Morgan fingerprint density at radius 3 is 1.14 bits per heavy atom. The van der Waals surface area contributed by atoms with Crippen molar-refractivity contribution < 1.29 is 0 Å². The van der Waals surface area contributed by atoms with Gasteiger partial charge < -0.3 is 22.9 Å². The smallest absolute Gasteiger partial charge is 0.0250 e. The maximum atomic E-state index is 5.92. The lowest BCUT2D eigenvalue weighted by Crippen LogP contribution is -2.54. The first-order chi connectivity index (χ1) is 6.05. The van der Waals surface area contributed by atoms with Crippen molar-refractivity contribution in [1.82, 2.24) is 0 Å². The van der Waals surface area contributed by atoms with E-state index in [1.807, 2.05) is 27.7 Å². The van der Waals surface area contributed by atoms with Crippen LogP contribution in [0.5, 0.6) is 0 Å². The van der Waals surface area contributed by atoms with Crippen LogP contribution in [-0.4, -0.2) is 23.2 Å². The molecule has 0 aliphatic carbocycles. The minimum Gasteiger partial charge on any atom is -0.326 e. The molecule has 0 aliphatic heterocycles. The number of hydrogen-bond acceptors (Lipinski definition) is 4. The zero-order valence-electron chi connectivity index (χ0n) is 9.88. The van der Waals surface area contributed by atoms with E-state index in [-0.39, 0.29) is 23.2 Å². The molecule has 0 aromatic carbocycles. The van der Waals surface area contributed by atoms with Crippen molar-refractivity contribution in [2.45, 2.75) is 63.7 Å². The molecule has 0 saturated heterocycles. The summed E-state index contributed by atoms with van der Waals surface area (Å²) in [4.78, 5) is 0. The minimum absolute atomic E-state index is 0.0316. The molecule has 0 heterocycles. The van der Waals surface area contributed by atoms with Gasteiger partial charge in [-0.05, 0) is 40.5 Å². The van der Waals surface area contributed by atoms with Gasteiger partial charge in [0.1, 0.15) is 0 Å². The number of nitrogens with two attached hydrogens (primary N) is 4. The average Bonchev–Trinajstić information content (AvgIpc) is 1.95. The zero-order valence-corrected chi connectivity index (χ0v) is 9.88. The standard InChI is InChI=1S/C10H26N4/c1-9(2,13)7(11)5-6-8(12)10(3,4)14/h7-8H,5-6,11-14H2,1-4H3. The van der Waals surface area contributed by atoms with Crippen LogP contribution in [0.4, 0.5) is 0 Å². The van der Waals surface area contributed by atoms with Crippen LogP contribution in [0.3, 0.4) is 0 Å². The molecule has 2 unspecified atom stereocenters. The van der Waals surface area contributed by atoms with Crippen LogP contribution < -0.4 is 22.9 Å². The molecule has 86 valence electrons. The Morgan fingerprint density at radius 1 is 0.786 bits per heavy atom. The third kappa shape index (κ3) is 4.91. The van der Waals surface area contributed by atoms with Crippen molar-refractivity contribution >= 4 is 0 Å². The molecule has 0 radical (unpaired) electrons. The zero-order chi connectivity index (χ0) is 11.6. The van der Waals surface area contributed by atoms with Gasteiger partial charge >= 0.3 is 0 Å². The highest BCUT2D eigenvalue weighted by atomic mass is 14.8. The molecule has 14 heavy (non-hydrogen) atoms. The van der Waals surface area contributed by atoms with Crippen LogP contribution in [0.1, 0.15) is 40.5 Å². The van der Waals surface area contributed by atoms with Gasteiger partial charge in [0.15, 0.2) is 0 Å². The summed E-state index contributed by atoms with van der Waals surface area (Å²) >= 11 is 0. The van der Waals surface area contributed by atoms with E-state index in [0.29, 0.717) is 0 Å². The fraction of sp³-hybridized carbons (Fsp3) is 1.00. The van der Waals surface area contributed by atoms with Gasteiger partial charge in [-0.2, -0.15) is 0 Å². The topological polar surface area (TPSA) is 104 Å². The van der Waals surface area contributed by atoms with Crippen molar-refractivity contribution in [2.24, 2.45) is 22.9 Å². The third-order valence-electron chi connectivity index (χ3n) is 2.70. The minimum atomic E-state index is -0.349. The quantitative estimate of drug-likeness (QED) is 0.499. The Labute approximate surface area is 87.4 Å². The summed E-state index contributed by atoms with van der Waals surface area (Å²) in [6.07, 6.45) is 1.62. The molecule has 0 bridgehead atoms. The number of rotatable bonds is 5. The first-order valence-electron chi connectivity index (χ1n) is 5.14. The molecule has 0 fully saturated rings. The fourth-order valence-corrected chi connectivity index (χ4v) is 1.10. The Bertz CT molecular complexity index is 146. The predicted molar refractivity (Wildman–Crippen MR) is 61.7 cm³/mol. The highest BCUT2D eigenvalue weighted by molar-refractivity contribution is 4.90. The Morgan fingerprint density at radius 2 is 1.00 bits per heavy atom. The van der Waals surface area contributed by atoms with Crippen molar-refractivity contribution in [3.05, 3.63) is 0 Å². The van der Waals surface area contributed by atoms with E-state index in [4.69, 9.17) is 22.9 Å². The second-order valence-corrected chi connectivity index (χ2v) is 5.43. The lowest BCUT2D eigenvalue weighted by atomic mass is 9.87. The SMILES string of the molecule is CC(C)(N)C(N)CCC(N)C(C)(C)N. The van der Waals surface area contributed by atoms with Crippen molar-refractivity contribution in [3.63, 3.8) is 0 Å². The molecular formula is C10H26N4. The first kappa shape index (κ1) is 13.8. The largest absolute Gasteiger partial charge is 0.326 e. The predicted octanol–water partition coefficient (Wildman–Crippen LogP) is -0.104. The fourth-order valence-electron chi connectivity index (χ4n) is 1.10. The van der Waals surface area contributed by atoms with Crippen molar-refractivity contribution in [3.8, 4) is 0 Å². The first-order valence-corrected chi connectivity index (χ1v) is 5.14. The van der Waals surface area contributed by atoms with Crippen LogP contribution >= 0.6 is 0 Å². The normalized spacial score (nSPS) is 18.0. The Balaban J connectivity index is 3.96. The summed E-state index contributed by atoms with van der Waals surface area (Å²) in [5.74, 6) is 0. The van der Waals surface area contributed by atoms with Gasteiger partial charge in [0.05, 0.1) is 0 Å². The lowest BCUT2D eigenvalue weighted by Gasteiger charge is -2.31. The highest BCUT2D eigenvalue weighted by Crippen LogP contribution is 2.13. The van der Waals surface area contributed by atoms with E-state index in [1.54, 1.807) is 0 Å². The molecule has 2 atom stereocenters. The van der Waals surface area contributed by atoms with E-state index in [9.17, 15) is 0 Å². The van der Waals surface area contributed by atoms with Crippen LogP contribution in [0.25, 0.3) is 0 Å². The van der Waals surface area contributed by atoms with Gasteiger partial charge in [0, 0.05) is 23.2 Å². The van der Waals surface area contributed by atoms with Crippen LogP contribution in [0.15, 0.2) is 0 Å². The molecule has 0 aromatic rings. The van der Waals surface area contributed by atoms with E-state index in [0.717, 1.165) is 12.8 Å². The van der Waals surface area contributed by atoms with Gasteiger partial charge in [-0.25, -0.2) is 0 Å². The molecule has 4 heteroatoms. The Hall–Kier alpha value is -0.160. The summed E-state index contributed by atoms with van der Waals surface area (Å²) < 4.78 is 0. The van der Waals surface area contributed by atoms with Crippen molar-refractivity contribution in [1.29, 1.82) is 0 Å². The molecule has 0 spiro atoms. The van der Waals surface area contributed by atoms with Gasteiger partial charge in [-0.3, -0.25) is 0 Å². The molecule has 0 aromatic heterocycles. The highest BCUT2D eigenvalue weighted by Gasteiger charge is 2.25. The third-order valence-corrected chi connectivity index (χ3v) is 2.70. The maximum absolute atomic E-state index is 5.92. The monoisotopic (exact) mass is 202 g/mol. The van der Waals surface area contributed by atoms with E-state index in [2.05, 4.69) is 0 Å². The molecule has 0 aliphatic rings. The van der Waals surface area contributed by atoms with Crippen LogP contribution in [0, 0.1) is 0 Å². The molecule has 8 N–H and O–H groups in total. The van der Waals surface area contributed by atoms with Gasteiger partial charge in [-0.1, -0.05) is 0 Å². The van der Waals surface area contributed by atoms with Gasteiger partial charge in [-0.15, -0.1) is 0 Å². The van der Waals surface area contributed by atoms with Crippen LogP contribution in [0.2, 0.25) is 0 Å². The lowest BCUT2D eigenvalue weighted by molar-refractivity contribution is 0.329. The van der Waals surface area contributed by atoms with Crippen molar-refractivity contribution in [2.75, 3.05) is 0 Å². The summed E-state index contributed by atoms with van der Waals surface area (Å²) in [6, 6.07) is -0.0631. The maximum Gasteiger partial charge on any atom is 0.0250 e. The van der Waals surface area contributed by atoms with Gasteiger partial charge in [0.25, 0.3) is 0 Å². The molecule has 0 saturated carbocycles. The molecule has 0 amide bonds. The Kier molecular flexibility index (Phi) is 4.52. The van der Waals surface area contributed by atoms with Gasteiger partial charge in [0.2, 0.25) is 0 Å². The molecule has 4 nitrogen and oxygen atoms in total. The van der Waals surface area contributed by atoms with E-state index in [1.165, 1.54) is 0 Å². The van der Waals surface area contributed by atoms with E-state index >= 15 is 0 Å². The average molecular weight is 202 g/mol. The summed E-state index contributed by atoms with van der Waals surface area (Å²) in [5.41, 5.74) is 22.9. The summed E-state index contributed by atoms with van der Waals surface area (Å²) in [5, 5.41) is 0. The molecule has 0 rings (SSSR count). The summed E-state index contributed by atoms with van der Waals surface area (Å²) in [6.45, 7) is 7.71.